The van der Waals surface area contributed by atoms with Gasteiger partial charge in [0.1, 0.15) is 5.69 Å². The van der Waals surface area contributed by atoms with Crippen molar-refractivity contribution in [3.8, 4) is 0 Å². The average Bonchev–Trinajstić information content (AvgIpc) is 3.06. The Morgan fingerprint density at radius 1 is 1.04 bits per heavy atom. The molecule has 2 atom stereocenters. The number of aromatic amines is 1. The van der Waals surface area contributed by atoms with E-state index in [1.54, 1.807) is 6.07 Å². The number of carbonyl (C=O) groups is 1. The lowest BCUT2D eigenvalue weighted by Gasteiger charge is -2.42. The maximum atomic E-state index is 13.0. The van der Waals surface area contributed by atoms with Gasteiger partial charge in [0.2, 0.25) is 0 Å². The van der Waals surface area contributed by atoms with Crippen LogP contribution in [0, 0.1) is 5.92 Å². The molecule has 3 aromatic rings. The highest BCUT2D eigenvalue weighted by Crippen LogP contribution is 2.35. The minimum absolute atomic E-state index is 0.0534. The number of nitrogens with one attached hydrogen (secondary N) is 1. The molecular weight excluding hydrogens is 314 g/mol. The van der Waals surface area contributed by atoms with Crippen molar-refractivity contribution in [1.29, 1.82) is 0 Å². The van der Waals surface area contributed by atoms with Gasteiger partial charge >= 0.3 is 0 Å². The standard InChI is InChI=1S/C20H19N3O2/c24-19-7-3-6-18-15-8-13(11-23(18)19)10-22(12-15)20(25)17-9-14-4-1-2-5-16(14)21-17/h1-7,9,13,15,21H,8,10-12H2. The van der Waals surface area contributed by atoms with Crippen LogP contribution in [0.3, 0.4) is 0 Å². The molecule has 1 amide bonds. The highest BCUT2D eigenvalue weighted by atomic mass is 16.2. The van der Waals surface area contributed by atoms with Crippen LogP contribution in [-0.4, -0.2) is 33.4 Å². The summed E-state index contributed by atoms with van der Waals surface area (Å²) in [5.74, 6) is 0.645. The Bertz CT molecular complexity index is 1000. The second kappa shape index (κ2) is 5.34. The van der Waals surface area contributed by atoms with Crippen LogP contribution in [0.5, 0.6) is 0 Å². The molecule has 2 aromatic heterocycles. The monoisotopic (exact) mass is 333 g/mol. The average molecular weight is 333 g/mol. The molecule has 25 heavy (non-hydrogen) atoms. The van der Waals surface area contributed by atoms with Crippen molar-refractivity contribution < 1.29 is 4.79 Å². The van der Waals surface area contributed by atoms with E-state index >= 15 is 0 Å². The molecule has 2 unspecified atom stereocenters. The summed E-state index contributed by atoms with van der Waals surface area (Å²) in [5, 5.41) is 1.06. The third-order valence-corrected chi connectivity index (χ3v) is 5.53. The van der Waals surface area contributed by atoms with Crippen molar-refractivity contribution in [2.75, 3.05) is 13.1 Å². The van der Waals surface area contributed by atoms with Crippen molar-refractivity contribution >= 4 is 16.8 Å². The highest BCUT2D eigenvalue weighted by Gasteiger charge is 2.36. The lowest BCUT2D eigenvalue weighted by molar-refractivity contribution is 0.0589. The van der Waals surface area contributed by atoms with Crippen molar-refractivity contribution in [2.24, 2.45) is 5.92 Å². The molecule has 1 aromatic carbocycles. The number of pyridine rings is 1. The fraction of sp³-hybridized carbons (Fsp3) is 0.300. The van der Waals surface area contributed by atoms with Gasteiger partial charge in [0.05, 0.1) is 0 Å². The van der Waals surface area contributed by atoms with Crippen molar-refractivity contribution in [2.45, 2.75) is 18.9 Å². The Hall–Kier alpha value is -2.82. The van der Waals surface area contributed by atoms with Crippen LogP contribution < -0.4 is 5.56 Å². The molecule has 0 saturated carbocycles. The SMILES string of the molecule is O=C(c1cc2ccccc2[nH]1)N1CC2CC(C1)c1cccc(=O)n1C2. The van der Waals surface area contributed by atoms with Gasteiger partial charge in [-0.05, 0) is 30.5 Å². The molecule has 5 rings (SSSR count). The molecule has 1 N–H and O–H groups in total. The first-order chi connectivity index (χ1) is 12.2. The van der Waals surface area contributed by atoms with E-state index in [0.29, 0.717) is 31.2 Å². The van der Waals surface area contributed by atoms with Crippen LogP contribution in [0.25, 0.3) is 10.9 Å². The van der Waals surface area contributed by atoms with Crippen LogP contribution in [0.15, 0.2) is 53.3 Å². The summed E-state index contributed by atoms with van der Waals surface area (Å²) in [6, 6.07) is 15.3. The topological polar surface area (TPSA) is 58.1 Å². The molecule has 0 aliphatic carbocycles. The zero-order chi connectivity index (χ0) is 17.0. The number of amides is 1. The lowest BCUT2D eigenvalue weighted by atomic mass is 9.83. The first-order valence-electron chi connectivity index (χ1n) is 8.76. The maximum Gasteiger partial charge on any atom is 0.270 e. The molecule has 126 valence electrons. The van der Waals surface area contributed by atoms with Crippen molar-refractivity contribution in [3.63, 3.8) is 0 Å². The minimum Gasteiger partial charge on any atom is -0.351 e. The fourth-order valence-electron chi connectivity index (χ4n) is 4.42. The van der Waals surface area contributed by atoms with Gasteiger partial charge in [-0.1, -0.05) is 24.3 Å². The zero-order valence-corrected chi connectivity index (χ0v) is 13.8. The Kier molecular flexibility index (Phi) is 3.10. The number of carbonyl (C=O) groups excluding carboxylic acids is 1. The number of likely N-dealkylation sites (tertiary alicyclic amines) is 1. The number of fused-ring (bicyclic) bond motifs is 5. The quantitative estimate of drug-likeness (QED) is 0.744. The van der Waals surface area contributed by atoms with E-state index in [0.717, 1.165) is 23.0 Å². The number of para-hydroxylation sites is 1. The molecule has 2 aliphatic heterocycles. The summed E-state index contributed by atoms with van der Waals surface area (Å²) >= 11 is 0. The third-order valence-electron chi connectivity index (χ3n) is 5.53. The number of benzene rings is 1. The smallest absolute Gasteiger partial charge is 0.270 e. The van der Waals surface area contributed by atoms with Gasteiger partial charge in [-0.3, -0.25) is 9.59 Å². The van der Waals surface area contributed by atoms with Crippen LogP contribution in [-0.2, 0) is 6.54 Å². The molecule has 2 aliphatic rings. The largest absolute Gasteiger partial charge is 0.351 e. The van der Waals surface area contributed by atoms with Crippen molar-refractivity contribution in [3.05, 3.63) is 70.3 Å². The van der Waals surface area contributed by atoms with E-state index in [-0.39, 0.29) is 17.4 Å². The van der Waals surface area contributed by atoms with Crippen LogP contribution >= 0.6 is 0 Å². The first kappa shape index (κ1) is 14.5. The zero-order valence-electron chi connectivity index (χ0n) is 13.8. The van der Waals surface area contributed by atoms with E-state index in [1.165, 1.54) is 0 Å². The number of rotatable bonds is 1. The number of H-pyrrole nitrogens is 1. The number of aromatic nitrogens is 2. The Balaban J connectivity index is 1.46. The van der Waals surface area contributed by atoms with Crippen LogP contribution in [0.1, 0.15) is 28.5 Å². The van der Waals surface area contributed by atoms with Gasteiger partial charge in [-0.2, -0.15) is 0 Å². The van der Waals surface area contributed by atoms with Crippen LogP contribution in [0.4, 0.5) is 0 Å². The summed E-state index contributed by atoms with van der Waals surface area (Å²) in [6.07, 6.45) is 1.06. The van der Waals surface area contributed by atoms with E-state index in [4.69, 9.17) is 0 Å². The molecule has 2 bridgehead atoms. The van der Waals surface area contributed by atoms with Gasteiger partial charge in [0.15, 0.2) is 0 Å². The molecule has 1 saturated heterocycles. The van der Waals surface area contributed by atoms with Gasteiger partial charge in [-0.15, -0.1) is 0 Å². The number of hydrogen-bond acceptors (Lipinski definition) is 2. The Labute approximate surface area is 144 Å². The molecule has 1 fully saturated rings. The predicted molar refractivity (Wildman–Crippen MR) is 95.8 cm³/mol. The summed E-state index contributed by atoms with van der Waals surface area (Å²) < 4.78 is 1.89. The Morgan fingerprint density at radius 3 is 2.80 bits per heavy atom. The van der Waals surface area contributed by atoms with Gasteiger partial charge < -0.3 is 14.5 Å². The molecule has 5 heteroatoms. The number of nitrogens with zero attached hydrogens (tertiary/aromatic N) is 2. The molecule has 4 heterocycles. The van der Waals surface area contributed by atoms with E-state index in [2.05, 4.69) is 4.98 Å². The summed E-state index contributed by atoms with van der Waals surface area (Å²) in [6.45, 7) is 2.10. The van der Waals surface area contributed by atoms with E-state index in [9.17, 15) is 9.59 Å². The molecule has 5 nitrogen and oxygen atoms in total. The maximum absolute atomic E-state index is 13.0. The van der Waals surface area contributed by atoms with Crippen molar-refractivity contribution in [1.82, 2.24) is 14.5 Å². The van der Waals surface area contributed by atoms with Gasteiger partial charge in [0.25, 0.3) is 11.5 Å². The Morgan fingerprint density at radius 2 is 1.92 bits per heavy atom. The normalized spacial score (nSPS) is 22.0. The van der Waals surface area contributed by atoms with Gasteiger partial charge in [0, 0.05) is 48.2 Å². The summed E-state index contributed by atoms with van der Waals surface area (Å²) in [5.41, 5.74) is 2.77. The summed E-state index contributed by atoms with van der Waals surface area (Å²) in [7, 11) is 0. The predicted octanol–water partition coefficient (Wildman–Crippen LogP) is 2.59. The third kappa shape index (κ3) is 2.30. The fourth-order valence-corrected chi connectivity index (χ4v) is 4.42. The highest BCUT2D eigenvalue weighted by molar-refractivity contribution is 5.98. The molecule has 0 spiro atoms. The van der Waals surface area contributed by atoms with Crippen LogP contribution in [0.2, 0.25) is 0 Å². The first-order valence-corrected chi connectivity index (χ1v) is 8.76. The van der Waals surface area contributed by atoms with E-state index in [1.807, 2.05) is 51.9 Å². The molecule has 0 radical (unpaired) electrons. The second-order valence-electron chi connectivity index (χ2n) is 7.18. The van der Waals surface area contributed by atoms with Gasteiger partial charge in [-0.25, -0.2) is 0 Å². The summed E-state index contributed by atoms with van der Waals surface area (Å²) in [4.78, 5) is 30.3. The molecular formula is C20H19N3O2. The number of hydrogen-bond donors (Lipinski definition) is 1. The minimum atomic E-state index is 0.0534. The number of piperidine rings is 1. The lowest BCUT2D eigenvalue weighted by Crippen LogP contribution is -2.49. The van der Waals surface area contributed by atoms with E-state index < -0.39 is 0 Å². The second-order valence-corrected chi connectivity index (χ2v) is 7.18.